The molecule has 0 atom stereocenters. The largest absolute Gasteiger partial charge is 0.425 e. The Kier molecular flexibility index (Phi) is 4.21. The Balaban J connectivity index is 1.85. The third-order valence-corrected chi connectivity index (χ3v) is 3.99. The molecule has 21 heavy (non-hydrogen) atoms. The lowest BCUT2D eigenvalue weighted by atomic mass is 10.3. The van der Waals surface area contributed by atoms with Gasteiger partial charge >= 0.3 is 0 Å². The molecule has 3 aromatic rings. The van der Waals surface area contributed by atoms with Crippen LogP contribution < -0.4 is 0 Å². The summed E-state index contributed by atoms with van der Waals surface area (Å²) in [4.78, 5) is 4.67. The van der Waals surface area contributed by atoms with Crippen molar-refractivity contribution in [2.45, 2.75) is 24.4 Å². The number of aryl methyl sites for hydroxylation is 1. The van der Waals surface area contributed by atoms with Gasteiger partial charge in [-0.3, -0.25) is 0 Å². The molecule has 0 amide bonds. The molecule has 2 aromatic heterocycles. The van der Waals surface area contributed by atoms with E-state index in [1.807, 2.05) is 18.2 Å². The number of methoxy groups -OCH3 is 1. The van der Waals surface area contributed by atoms with Gasteiger partial charge in [0.2, 0.25) is 11.8 Å². The fraction of sp³-hybridized carbons (Fsp3) is 0.357. The first kappa shape index (κ1) is 14.1. The molecule has 3 rings (SSSR count). The summed E-state index contributed by atoms with van der Waals surface area (Å²) in [5.74, 6) is 1.80. The fourth-order valence-electron chi connectivity index (χ4n) is 2.08. The van der Waals surface area contributed by atoms with Gasteiger partial charge in [-0.1, -0.05) is 23.9 Å². The summed E-state index contributed by atoms with van der Waals surface area (Å²) in [6, 6.07) is 8.09. The van der Waals surface area contributed by atoms with Gasteiger partial charge in [-0.2, -0.15) is 0 Å². The van der Waals surface area contributed by atoms with E-state index in [1.54, 1.807) is 25.8 Å². The third-order valence-electron chi connectivity index (χ3n) is 3.03. The van der Waals surface area contributed by atoms with Crippen molar-refractivity contribution in [2.24, 2.45) is 0 Å². The Morgan fingerprint density at radius 2 is 2.14 bits per heavy atom. The number of hydrogen-bond acceptors (Lipinski definition) is 6. The summed E-state index contributed by atoms with van der Waals surface area (Å²) in [5.41, 5.74) is 2.09. The fourth-order valence-corrected chi connectivity index (χ4v) is 2.96. The van der Waals surface area contributed by atoms with Crippen LogP contribution >= 0.6 is 11.8 Å². The Hall–Kier alpha value is -1.86. The number of fused-ring (bicyclic) bond motifs is 1. The molecular weight excluding hydrogens is 288 g/mol. The number of imidazole rings is 1. The molecule has 0 saturated heterocycles. The van der Waals surface area contributed by atoms with Crippen molar-refractivity contribution in [3.63, 3.8) is 0 Å². The van der Waals surface area contributed by atoms with Crippen molar-refractivity contribution in [3.8, 4) is 0 Å². The molecule has 0 fully saturated rings. The lowest BCUT2D eigenvalue weighted by Gasteiger charge is -2.07. The monoisotopic (exact) mass is 304 g/mol. The van der Waals surface area contributed by atoms with Crippen LogP contribution in [0.15, 0.2) is 33.8 Å². The highest BCUT2D eigenvalue weighted by Gasteiger charge is 2.12. The first-order valence-electron chi connectivity index (χ1n) is 6.64. The highest BCUT2D eigenvalue weighted by molar-refractivity contribution is 7.98. The molecule has 0 aliphatic heterocycles. The Bertz CT molecular complexity index is 737. The SMILES string of the molecule is COCCn1c(SCc2nnc(C)o2)nc2ccccc21. The van der Waals surface area contributed by atoms with E-state index < -0.39 is 0 Å². The molecule has 0 bridgehead atoms. The summed E-state index contributed by atoms with van der Waals surface area (Å²) in [7, 11) is 1.70. The van der Waals surface area contributed by atoms with Crippen LogP contribution in [0.5, 0.6) is 0 Å². The van der Waals surface area contributed by atoms with Gasteiger partial charge in [0.05, 0.1) is 23.4 Å². The highest BCUT2D eigenvalue weighted by Crippen LogP contribution is 2.26. The summed E-state index contributed by atoms with van der Waals surface area (Å²) >= 11 is 1.59. The first-order chi connectivity index (χ1) is 10.3. The molecule has 0 unspecified atom stereocenters. The lowest BCUT2D eigenvalue weighted by molar-refractivity contribution is 0.186. The molecule has 7 heteroatoms. The summed E-state index contributed by atoms with van der Waals surface area (Å²) in [6.07, 6.45) is 0. The van der Waals surface area contributed by atoms with Crippen molar-refractivity contribution in [1.82, 2.24) is 19.7 Å². The van der Waals surface area contributed by atoms with Gasteiger partial charge in [0.1, 0.15) is 0 Å². The van der Waals surface area contributed by atoms with E-state index in [1.165, 1.54) is 0 Å². The van der Waals surface area contributed by atoms with Crippen LogP contribution in [0, 0.1) is 6.92 Å². The number of nitrogens with zero attached hydrogens (tertiary/aromatic N) is 4. The average Bonchev–Trinajstić information content (AvgIpc) is 3.06. The van der Waals surface area contributed by atoms with Crippen molar-refractivity contribution in [1.29, 1.82) is 0 Å². The maximum absolute atomic E-state index is 5.40. The number of hydrogen-bond donors (Lipinski definition) is 0. The number of ether oxygens (including phenoxy) is 1. The van der Waals surface area contributed by atoms with Crippen LogP contribution in [0.2, 0.25) is 0 Å². The minimum Gasteiger partial charge on any atom is -0.425 e. The topological polar surface area (TPSA) is 66.0 Å². The van der Waals surface area contributed by atoms with Gasteiger partial charge in [0.25, 0.3) is 0 Å². The molecule has 6 nitrogen and oxygen atoms in total. The summed E-state index contributed by atoms with van der Waals surface area (Å²) in [5, 5.41) is 8.78. The number of thioether (sulfide) groups is 1. The standard InChI is InChI=1S/C14H16N4O2S/c1-10-16-17-13(20-10)9-21-14-15-11-5-3-4-6-12(11)18(14)7-8-19-2/h3-6H,7-9H2,1-2H3. The van der Waals surface area contributed by atoms with E-state index in [2.05, 4.69) is 25.8 Å². The van der Waals surface area contributed by atoms with E-state index in [0.29, 0.717) is 24.1 Å². The maximum Gasteiger partial charge on any atom is 0.226 e. The average molecular weight is 304 g/mol. The number of rotatable bonds is 6. The molecule has 0 radical (unpaired) electrons. The zero-order chi connectivity index (χ0) is 14.7. The van der Waals surface area contributed by atoms with E-state index >= 15 is 0 Å². The normalized spacial score (nSPS) is 11.3. The molecule has 0 saturated carbocycles. The van der Waals surface area contributed by atoms with Crippen LogP contribution in [0.25, 0.3) is 11.0 Å². The predicted molar refractivity (Wildman–Crippen MR) is 80.2 cm³/mol. The zero-order valence-electron chi connectivity index (χ0n) is 11.9. The van der Waals surface area contributed by atoms with Crippen LogP contribution in [0.4, 0.5) is 0 Å². The van der Waals surface area contributed by atoms with Crippen molar-refractivity contribution < 1.29 is 9.15 Å². The second kappa shape index (κ2) is 6.28. The predicted octanol–water partition coefficient (Wildman–Crippen LogP) is 2.67. The Morgan fingerprint density at radius 3 is 2.90 bits per heavy atom. The molecule has 0 aliphatic carbocycles. The smallest absolute Gasteiger partial charge is 0.226 e. The maximum atomic E-state index is 5.40. The van der Waals surface area contributed by atoms with Gasteiger partial charge in [0.15, 0.2) is 5.16 Å². The molecule has 110 valence electrons. The molecule has 1 aromatic carbocycles. The lowest BCUT2D eigenvalue weighted by Crippen LogP contribution is -2.05. The number of aromatic nitrogens is 4. The molecule has 0 aliphatic rings. The third kappa shape index (κ3) is 3.08. The van der Waals surface area contributed by atoms with Gasteiger partial charge in [-0.25, -0.2) is 4.98 Å². The first-order valence-corrected chi connectivity index (χ1v) is 7.62. The quantitative estimate of drug-likeness (QED) is 0.652. The van der Waals surface area contributed by atoms with Gasteiger partial charge < -0.3 is 13.7 Å². The van der Waals surface area contributed by atoms with Crippen LogP contribution in [-0.2, 0) is 17.0 Å². The summed E-state index contributed by atoms with van der Waals surface area (Å²) in [6.45, 7) is 3.20. The Labute approximate surface area is 126 Å². The van der Waals surface area contributed by atoms with Crippen LogP contribution in [-0.4, -0.2) is 33.5 Å². The van der Waals surface area contributed by atoms with E-state index in [4.69, 9.17) is 9.15 Å². The molecular formula is C14H16N4O2S. The highest BCUT2D eigenvalue weighted by atomic mass is 32.2. The number of para-hydroxylation sites is 2. The van der Waals surface area contributed by atoms with Crippen LogP contribution in [0.3, 0.4) is 0 Å². The van der Waals surface area contributed by atoms with Gasteiger partial charge in [-0.05, 0) is 12.1 Å². The number of benzene rings is 1. The minimum atomic E-state index is 0.582. The molecule has 0 N–H and O–H groups in total. The van der Waals surface area contributed by atoms with E-state index in [-0.39, 0.29) is 0 Å². The second-order valence-corrected chi connectivity index (χ2v) is 5.47. The zero-order valence-corrected chi connectivity index (χ0v) is 12.8. The minimum absolute atomic E-state index is 0.582. The van der Waals surface area contributed by atoms with Crippen LogP contribution in [0.1, 0.15) is 11.8 Å². The van der Waals surface area contributed by atoms with E-state index in [9.17, 15) is 0 Å². The van der Waals surface area contributed by atoms with Crippen molar-refractivity contribution in [2.75, 3.05) is 13.7 Å². The van der Waals surface area contributed by atoms with Gasteiger partial charge in [0, 0.05) is 20.6 Å². The second-order valence-electron chi connectivity index (χ2n) is 4.53. The molecule has 0 spiro atoms. The Morgan fingerprint density at radius 1 is 1.29 bits per heavy atom. The van der Waals surface area contributed by atoms with Crippen molar-refractivity contribution in [3.05, 3.63) is 36.0 Å². The molecule has 2 heterocycles. The summed E-state index contributed by atoms with van der Waals surface area (Å²) < 4.78 is 12.7. The van der Waals surface area contributed by atoms with Crippen molar-refractivity contribution >= 4 is 22.8 Å². The van der Waals surface area contributed by atoms with E-state index in [0.717, 1.165) is 22.7 Å². The van der Waals surface area contributed by atoms with Gasteiger partial charge in [-0.15, -0.1) is 10.2 Å².